The van der Waals surface area contributed by atoms with Crippen molar-refractivity contribution >= 4 is 29.1 Å². The molecule has 0 radical (unpaired) electrons. The zero-order valence-electron chi connectivity index (χ0n) is 11.8. The lowest BCUT2D eigenvalue weighted by Crippen LogP contribution is -2.33. The lowest BCUT2D eigenvalue weighted by atomic mass is 10.00. The fourth-order valence-corrected chi connectivity index (χ4v) is 2.89. The standard InChI is InChI=1S/C17H15Cl2NO2/c18-13-6-5-11(9-14(13)19)10-17(21)20-15-7-8-22-16-4-2-1-3-12(15)16/h1-6,9,15H,7-8,10H2,(H,20,21)/t15-/m1/s1. The lowest BCUT2D eigenvalue weighted by Gasteiger charge is -2.26. The van der Waals surface area contributed by atoms with E-state index in [2.05, 4.69) is 5.32 Å². The molecular formula is C17H15Cl2NO2. The van der Waals surface area contributed by atoms with E-state index in [-0.39, 0.29) is 18.4 Å². The van der Waals surface area contributed by atoms with Gasteiger partial charge in [-0.25, -0.2) is 0 Å². The zero-order chi connectivity index (χ0) is 15.5. The SMILES string of the molecule is O=C(Cc1ccc(Cl)c(Cl)c1)N[C@@H]1CCOc2ccccc21. The van der Waals surface area contributed by atoms with Crippen molar-refractivity contribution in [3.63, 3.8) is 0 Å². The van der Waals surface area contributed by atoms with E-state index in [0.29, 0.717) is 16.7 Å². The van der Waals surface area contributed by atoms with Crippen molar-refractivity contribution in [1.82, 2.24) is 5.32 Å². The molecule has 22 heavy (non-hydrogen) atoms. The van der Waals surface area contributed by atoms with Gasteiger partial charge in [-0.05, 0) is 23.8 Å². The van der Waals surface area contributed by atoms with E-state index in [0.717, 1.165) is 23.3 Å². The number of nitrogens with one attached hydrogen (secondary N) is 1. The van der Waals surface area contributed by atoms with Crippen molar-refractivity contribution in [2.45, 2.75) is 18.9 Å². The number of halogens is 2. The Balaban J connectivity index is 1.69. The predicted octanol–water partition coefficient (Wildman–Crippen LogP) is 4.18. The number of ether oxygens (including phenoxy) is 1. The van der Waals surface area contributed by atoms with Crippen LogP contribution >= 0.6 is 23.2 Å². The minimum absolute atomic E-state index is 0.0137. The Labute approximate surface area is 139 Å². The van der Waals surface area contributed by atoms with Gasteiger partial charge in [0.05, 0.1) is 29.1 Å². The summed E-state index contributed by atoms with van der Waals surface area (Å²) in [6.45, 7) is 0.606. The lowest BCUT2D eigenvalue weighted by molar-refractivity contribution is -0.121. The number of carbonyl (C=O) groups excluding carboxylic acids is 1. The molecule has 1 amide bonds. The second kappa shape index (κ2) is 6.59. The molecule has 0 fully saturated rings. The highest BCUT2D eigenvalue weighted by molar-refractivity contribution is 6.42. The summed E-state index contributed by atoms with van der Waals surface area (Å²) < 4.78 is 5.60. The predicted molar refractivity (Wildman–Crippen MR) is 87.6 cm³/mol. The smallest absolute Gasteiger partial charge is 0.224 e. The van der Waals surface area contributed by atoms with Crippen LogP contribution in [0.15, 0.2) is 42.5 Å². The van der Waals surface area contributed by atoms with Crippen LogP contribution in [0.4, 0.5) is 0 Å². The van der Waals surface area contributed by atoms with Crippen molar-refractivity contribution in [3.05, 3.63) is 63.6 Å². The van der Waals surface area contributed by atoms with Gasteiger partial charge in [0, 0.05) is 12.0 Å². The molecule has 1 heterocycles. The molecule has 1 atom stereocenters. The Morgan fingerprint density at radius 2 is 2.00 bits per heavy atom. The van der Waals surface area contributed by atoms with Crippen LogP contribution in [0.25, 0.3) is 0 Å². The van der Waals surface area contributed by atoms with E-state index in [4.69, 9.17) is 27.9 Å². The normalized spacial score (nSPS) is 16.5. The van der Waals surface area contributed by atoms with Gasteiger partial charge in [0.1, 0.15) is 5.75 Å². The second-order valence-electron chi connectivity index (χ2n) is 5.22. The Kier molecular flexibility index (Phi) is 4.55. The van der Waals surface area contributed by atoms with E-state index in [9.17, 15) is 4.79 Å². The Morgan fingerprint density at radius 1 is 1.18 bits per heavy atom. The first-order valence-electron chi connectivity index (χ1n) is 7.08. The molecule has 114 valence electrons. The minimum Gasteiger partial charge on any atom is -0.493 e. The third-order valence-electron chi connectivity index (χ3n) is 3.64. The fourth-order valence-electron chi connectivity index (χ4n) is 2.57. The highest BCUT2D eigenvalue weighted by atomic mass is 35.5. The number of carbonyl (C=O) groups is 1. The quantitative estimate of drug-likeness (QED) is 0.913. The van der Waals surface area contributed by atoms with E-state index in [1.807, 2.05) is 30.3 Å². The summed E-state index contributed by atoms with van der Waals surface area (Å²) >= 11 is 11.9. The molecule has 0 aliphatic carbocycles. The Bertz CT molecular complexity index is 703. The van der Waals surface area contributed by atoms with Crippen LogP contribution in [0.3, 0.4) is 0 Å². The molecule has 0 saturated heterocycles. The van der Waals surface area contributed by atoms with Crippen LogP contribution in [0.1, 0.15) is 23.6 Å². The van der Waals surface area contributed by atoms with Gasteiger partial charge >= 0.3 is 0 Å². The van der Waals surface area contributed by atoms with E-state index in [1.54, 1.807) is 12.1 Å². The summed E-state index contributed by atoms with van der Waals surface area (Å²) in [5.74, 6) is 0.800. The largest absolute Gasteiger partial charge is 0.493 e. The number of para-hydroxylation sites is 1. The first kappa shape index (κ1) is 15.2. The average molecular weight is 336 g/mol. The van der Waals surface area contributed by atoms with Crippen LogP contribution in [-0.4, -0.2) is 12.5 Å². The average Bonchev–Trinajstić information content (AvgIpc) is 2.51. The van der Waals surface area contributed by atoms with Gasteiger partial charge in [-0.3, -0.25) is 4.79 Å². The van der Waals surface area contributed by atoms with Crippen molar-refractivity contribution in [2.24, 2.45) is 0 Å². The Morgan fingerprint density at radius 3 is 2.82 bits per heavy atom. The summed E-state index contributed by atoms with van der Waals surface area (Å²) in [6.07, 6.45) is 1.04. The van der Waals surface area contributed by atoms with Crippen molar-refractivity contribution < 1.29 is 9.53 Å². The zero-order valence-corrected chi connectivity index (χ0v) is 13.3. The monoisotopic (exact) mass is 335 g/mol. The molecule has 3 nitrogen and oxygen atoms in total. The maximum Gasteiger partial charge on any atom is 0.224 e. The molecule has 5 heteroatoms. The second-order valence-corrected chi connectivity index (χ2v) is 6.03. The number of hydrogen-bond acceptors (Lipinski definition) is 2. The Hall–Kier alpha value is -1.71. The molecule has 2 aromatic carbocycles. The van der Waals surface area contributed by atoms with Gasteiger partial charge < -0.3 is 10.1 Å². The summed E-state index contributed by atoms with van der Waals surface area (Å²) in [6, 6.07) is 13.0. The molecule has 1 aliphatic heterocycles. The fraction of sp³-hybridized carbons (Fsp3) is 0.235. The first-order chi connectivity index (χ1) is 10.6. The minimum atomic E-state index is -0.0416. The van der Waals surface area contributed by atoms with Crippen molar-refractivity contribution in [2.75, 3.05) is 6.61 Å². The summed E-state index contributed by atoms with van der Waals surface area (Å²) in [5.41, 5.74) is 1.86. The number of rotatable bonds is 3. The summed E-state index contributed by atoms with van der Waals surface area (Å²) in [4.78, 5) is 12.3. The topological polar surface area (TPSA) is 38.3 Å². The van der Waals surface area contributed by atoms with Crippen LogP contribution in [0, 0.1) is 0 Å². The first-order valence-corrected chi connectivity index (χ1v) is 7.84. The highest BCUT2D eigenvalue weighted by Gasteiger charge is 2.22. The van der Waals surface area contributed by atoms with Crippen LogP contribution < -0.4 is 10.1 Å². The van der Waals surface area contributed by atoms with Gasteiger partial charge in [-0.1, -0.05) is 47.5 Å². The third-order valence-corrected chi connectivity index (χ3v) is 4.38. The maximum absolute atomic E-state index is 12.3. The molecular weight excluding hydrogens is 321 g/mol. The van der Waals surface area contributed by atoms with Gasteiger partial charge in [0.25, 0.3) is 0 Å². The molecule has 0 aromatic heterocycles. The van der Waals surface area contributed by atoms with E-state index < -0.39 is 0 Å². The van der Waals surface area contributed by atoms with Crippen LogP contribution in [-0.2, 0) is 11.2 Å². The van der Waals surface area contributed by atoms with Crippen molar-refractivity contribution in [1.29, 1.82) is 0 Å². The number of hydrogen-bond donors (Lipinski definition) is 1. The number of fused-ring (bicyclic) bond motifs is 1. The van der Waals surface area contributed by atoms with Crippen LogP contribution in [0.2, 0.25) is 10.0 Å². The van der Waals surface area contributed by atoms with E-state index >= 15 is 0 Å². The molecule has 2 aromatic rings. The molecule has 0 saturated carbocycles. The maximum atomic E-state index is 12.3. The third kappa shape index (κ3) is 3.37. The van der Waals surface area contributed by atoms with Gasteiger partial charge in [-0.15, -0.1) is 0 Å². The highest BCUT2D eigenvalue weighted by Crippen LogP contribution is 2.31. The summed E-state index contributed by atoms with van der Waals surface area (Å²) in [5, 5.41) is 4.01. The molecule has 0 spiro atoms. The number of amides is 1. The van der Waals surface area contributed by atoms with Gasteiger partial charge in [-0.2, -0.15) is 0 Å². The van der Waals surface area contributed by atoms with Crippen molar-refractivity contribution in [3.8, 4) is 5.75 Å². The van der Waals surface area contributed by atoms with E-state index in [1.165, 1.54) is 0 Å². The summed E-state index contributed by atoms with van der Waals surface area (Å²) in [7, 11) is 0. The molecule has 1 aliphatic rings. The molecule has 3 rings (SSSR count). The molecule has 1 N–H and O–H groups in total. The van der Waals surface area contributed by atoms with Gasteiger partial charge in [0.2, 0.25) is 5.91 Å². The molecule has 0 bridgehead atoms. The number of benzene rings is 2. The molecule has 0 unspecified atom stereocenters. The van der Waals surface area contributed by atoms with Crippen LogP contribution in [0.5, 0.6) is 5.75 Å². The van der Waals surface area contributed by atoms with Gasteiger partial charge in [0.15, 0.2) is 0 Å².